The van der Waals surface area contributed by atoms with Crippen LogP contribution in [0.5, 0.6) is 0 Å². The van der Waals surface area contributed by atoms with Crippen LogP contribution in [0, 0.1) is 5.82 Å². The molecule has 6 heterocycles. The third-order valence-corrected chi connectivity index (χ3v) is 10.2. The molecule has 1 unspecified atom stereocenters. The molecule has 10 nitrogen and oxygen atoms in total. The van der Waals surface area contributed by atoms with Crippen LogP contribution >= 0.6 is 11.8 Å². The Morgan fingerprint density at radius 1 is 1.08 bits per heavy atom. The van der Waals surface area contributed by atoms with Crippen molar-refractivity contribution in [3.05, 3.63) is 95.4 Å². The quantitative estimate of drug-likeness (QED) is 0.189. The van der Waals surface area contributed by atoms with Crippen LogP contribution in [0.15, 0.2) is 84.1 Å². The fourth-order valence-electron chi connectivity index (χ4n) is 6.33. The molecule has 1 atom stereocenters. The number of carbonyl (C=O) groups excluding carboxylic acids is 1. The van der Waals surface area contributed by atoms with Crippen molar-refractivity contribution in [2.24, 2.45) is 5.73 Å². The summed E-state index contributed by atoms with van der Waals surface area (Å²) in [5.74, 6) is -0.330. The van der Waals surface area contributed by atoms with Gasteiger partial charge in [-0.05, 0) is 62.2 Å². The number of hydrogen-bond donors (Lipinski definition) is 1. The van der Waals surface area contributed by atoms with Crippen LogP contribution in [0.4, 0.5) is 23.4 Å². The molecule has 7 rings (SSSR count). The molecule has 1 saturated heterocycles. The van der Waals surface area contributed by atoms with E-state index in [1.165, 1.54) is 23.9 Å². The van der Waals surface area contributed by atoms with Crippen LogP contribution in [0.2, 0.25) is 0 Å². The fraction of sp³-hybridized carbons (Fsp3) is 0.303. The van der Waals surface area contributed by atoms with Crippen molar-refractivity contribution in [3.8, 4) is 22.6 Å². The molecule has 5 aromatic rings. The average molecular weight is 678 g/mol. The summed E-state index contributed by atoms with van der Waals surface area (Å²) in [5.41, 5.74) is 10.5. The second-order valence-electron chi connectivity index (χ2n) is 11.8. The molecule has 0 radical (unpaired) electrons. The van der Waals surface area contributed by atoms with Crippen LogP contribution in [0.25, 0.3) is 28.3 Å². The van der Waals surface area contributed by atoms with Crippen molar-refractivity contribution in [3.63, 3.8) is 0 Å². The van der Waals surface area contributed by atoms with Crippen LogP contribution in [-0.2, 0) is 4.79 Å². The number of fused-ring (bicyclic) bond motifs is 1. The van der Waals surface area contributed by atoms with Gasteiger partial charge in [-0.2, -0.15) is 18.3 Å². The first-order valence-corrected chi connectivity index (χ1v) is 16.3. The molecule has 2 aliphatic rings. The summed E-state index contributed by atoms with van der Waals surface area (Å²) in [6.45, 7) is 2.84. The molecule has 4 aromatic heterocycles. The normalized spacial score (nSPS) is 17.9. The number of hydrogen-bond acceptors (Lipinski definition) is 8. The molecule has 0 bridgehead atoms. The molecule has 1 aromatic carbocycles. The molecule has 15 heteroatoms. The Balaban J connectivity index is 1.25. The standard InChI is InChI=1S/C33H31F4N9OS/c1-20-30(31(38)47)48-32(22-3-2-13-39-17-22)46(20)27-18-45-26(41-27)9-8-25(42-45)29-28(21-4-6-23(34)7-5-21)40-19-44(29)24-10-14-43(15-11-24)16-12-33(35,36)37/h2-9,13,17-19,24,32H,10-12,14-16H2,1H3,(H2,38,47). The number of thioether (sulfide) groups is 1. The highest BCUT2D eigenvalue weighted by Crippen LogP contribution is 2.49. The molecule has 2 N–H and O–H groups in total. The van der Waals surface area contributed by atoms with Gasteiger partial charge in [0.1, 0.15) is 16.9 Å². The predicted molar refractivity (Wildman–Crippen MR) is 174 cm³/mol. The van der Waals surface area contributed by atoms with E-state index in [4.69, 9.17) is 20.8 Å². The molecule has 1 fully saturated rings. The van der Waals surface area contributed by atoms with E-state index < -0.39 is 18.5 Å². The van der Waals surface area contributed by atoms with E-state index in [2.05, 4.69) is 4.98 Å². The number of piperidine rings is 1. The Bertz CT molecular complexity index is 1980. The Hall–Kier alpha value is -4.76. The number of likely N-dealkylation sites (tertiary alicyclic amines) is 1. The minimum absolute atomic E-state index is 0.0260. The van der Waals surface area contributed by atoms with E-state index >= 15 is 0 Å². The number of aromatic nitrogens is 6. The van der Waals surface area contributed by atoms with E-state index in [9.17, 15) is 22.4 Å². The number of alkyl halides is 3. The fourth-order valence-corrected chi connectivity index (χ4v) is 7.59. The van der Waals surface area contributed by atoms with Gasteiger partial charge in [0.15, 0.2) is 11.5 Å². The second kappa shape index (κ2) is 12.7. The molecule has 0 aliphatic carbocycles. The Kier molecular flexibility index (Phi) is 8.41. The predicted octanol–water partition coefficient (Wildman–Crippen LogP) is 6.35. The zero-order valence-corrected chi connectivity index (χ0v) is 26.6. The number of anilines is 1. The highest BCUT2D eigenvalue weighted by Gasteiger charge is 2.37. The van der Waals surface area contributed by atoms with Gasteiger partial charge in [0, 0.05) is 54.9 Å². The minimum Gasteiger partial charge on any atom is -0.365 e. The lowest BCUT2D eigenvalue weighted by Crippen LogP contribution is -2.36. The number of allylic oxidation sites excluding steroid dienone is 1. The number of benzene rings is 1. The second-order valence-corrected chi connectivity index (χ2v) is 12.9. The first-order valence-electron chi connectivity index (χ1n) is 15.4. The zero-order valence-electron chi connectivity index (χ0n) is 25.8. The van der Waals surface area contributed by atoms with Crippen LogP contribution < -0.4 is 10.6 Å². The van der Waals surface area contributed by atoms with Gasteiger partial charge < -0.3 is 20.1 Å². The number of nitrogens with two attached hydrogens (primary N) is 1. The van der Waals surface area contributed by atoms with E-state index in [1.54, 1.807) is 41.6 Å². The number of imidazole rings is 2. The van der Waals surface area contributed by atoms with Gasteiger partial charge in [0.25, 0.3) is 5.91 Å². The number of rotatable bonds is 8. The number of amides is 1. The van der Waals surface area contributed by atoms with Crippen LogP contribution in [0.1, 0.15) is 43.2 Å². The number of nitrogens with zero attached hydrogens (tertiary/aromatic N) is 8. The SMILES string of the molecule is CC1=C(C(N)=O)SC(c2cccnc2)N1c1cn2nc(-c3c(-c4ccc(F)cc4)ncn3C3CCN(CCC(F)(F)F)CC3)ccc2n1. The summed E-state index contributed by atoms with van der Waals surface area (Å²) in [6, 6.07) is 13.5. The maximum atomic E-state index is 13.9. The van der Waals surface area contributed by atoms with Gasteiger partial charge in [-0.1, -0.05) is 17.8 Å². The Morgan fingerprint density at radius 3 is 2.54 bits per heavy atom. The summed E-state index contributed by atoms with van der Waals surface area (Å²) in [7, 11) is 0. The Labute approximate surface area is 277 Å². The summed E-state index contributed by atoms with van der Waals surface area (Å²) in [4.78, 5) is 30.4. The molecule has 2 aliphatic heterocycles. The van der Waals surface area contributed by atoms with E-state index in [-0.39, 0.29) is 23.8 Å². The largest absolute Gasteiger partial charge is 0.390 e. The maximum Gasteiger partial charge on any atom is 0.390 e. The third-order valence-electron chi connectivity index (χ3n) is 8.72. The van der Waals surface area contributed by atoms with E-state index in [1.807, 2.05) is 45.6 Å². The number of carbonyl (C=O) groups is 1. The van der Waals surface area contributed by atoms with Crippen molar-refractivity contribution in [1.82, 2.24) is 34.0 Å². The van der Waals surface area contributed by atoms with Gasteiger partial charge in [-0.15, -0.1) is 0 Å². The Morgan fingerprint density at radius 2 is 1.85 bits per heavy atom. The minimum atomic E-state index is -4.19. The first-order chi connectivity index (χ1) is 23.1. The summed E-state index contributed by atoms with van der Waals surface area (Å²) < 4.78 is 56.1. The average Bonchev–Trinajstić information content (AvgIpc) is 3.79. The lowest BCUT2D eigenvalue weighted by Gasteiger charge is -2.33. The van der Waals surface area contributed by atoms with Crippen LogP contribution in [0.3, 0.4) is 0 Å². The van der Waals surface area contributed by atoms with E-state index in [0.717, 1.165) is 5.56 Å². The van der Waals surface area contributed by atoms with Crippen molar-refractivity contribution < 1.29 is 22.4 Å². The van der Waals surface area contributed by atoms with Gasteiger partial charge in [0.05, 0.1) is 35.2 Å². The van der Waals surface area contributed by atoms with E-state index in [0.29, 0.717) is 70.6 Å². The molecule has 0 saturated carbocycles. The monoisotopic (exact) mass is 677 g/mol. The lowest BCUT2D eigenvalue weighted by molar-refractivity contribution is -0.138. The van der Waals surface area contributed by atoms with Crippen molar-refractivity contribution in [2.75, 3.05) is 24.5 Å². The summed E-state index contributed by atoms with van der Waals surface area (Å²) >= 11 is 1.34. The van der Waals surface area contributed by atoms with Crippen molar-refractivity contribution in [1.29, 1.82) is 0 Å². The highest BCUT2D eigenvalue weighted by molar-refractivity contribution is 8.04. The number of primary amides is 1. The maximum absolute atomic E-state index is 13.9. The molecule has 248 valence electrons. The summed E-state index contributed by atoms with van der Waals surface area (Å²) in [5, 5.41) is 4.63. The third kappa shape index (κ3) is 6.27. The molecular weight excluding hydrogens is 646 g/mol. The van der Waals surface area contributed by atoms with Crippen LogP contribution in [-0.4, -0.2) is 65.8 Å². The molecule has 48 heavy (non-hydrogen) atoms. The van der Waals surface area contributed by atoms with Gasteiger partial charge >= 0.3 is 6.18 Å². The van der Waals surface area contributed by atoms with Crippen molar-refractivity contribution >= 4 is 29.1 Å². The highest BCUT2D eigenvalue weighted by atomic mass is 32.2. The molecule has 0 spiro atoms. The van der Waals surface area contributed by atoms with Gasteiger partial charge in [-0.25, -0.2) is 18.9 Å². The lowest BCUT2D eigenvalue weighted by atomic mass is 10.0. The zero-order chi connectivity index (χ0) is 33.6. The topological polar surface area (TPSA) is 110 Å². The van der Waals surface area contributed by atoms with Gasteiger partial charge in [0.2, 0.25) is 0 Å². The number of halogens is 4. The molecule has 1 amide bonds. The van der Waals surface area contributed by atoms with Crippen molar-refractivity contribution in [2.45, 2.75) is 43.8 Å². The smallest absolute Gasteiger partial charge is 0.365 e. The van der Waals surface area contributed by atoms with Gasteiger partial charge in [-0.3, -0.25) is 9.78 Å². The molecular formula is C33H31F4N9OS. The first kappa shape index (κ1) is 31.8. The summed E-state index contributed by atoms with van der Waals surface area (Å²) in [6.07, 6.45) is 3.19. The number of pyridine rings is 1.